The van der Waals surface area contributed by atoms with Gasteiger partial charge in [0.1, 0.15) is 17.7 Å². The molecule has 4 aromatic rings. The number of benzene rings is 2. The third kappa shape index (κ3) is 5.36. The second kappa shape index (κ2) is 11.0. The number of hydrogen-bond donors (Lipinski definition) is 4. The number of hydrogen-bond acceptors (Lipinski definition) is 10. The van der Waals surface area contributed by atoms with E-state index in [2.05, 4.69) is 25.4 Å². The van der Waals surface area contributed by atoms with Gasteiger partial charge in [-0.1, -0.05) is 0 Å². The van der Waals surface area contributed by atoms with Crippen molar-refractivity contribution >= 4 is 17.5 Å². The van der Waals surface area contributed by atoms with E-state index in [0.29, 0.717) is 0 Å². The lowest BCUT2D eigenvalue weighted by Gasteiger charge is -2.22. The number of ether oxygens (including phenoxy) is 3. The largest absolute Gasteiger partial charge is 0.493 e. The Morgan fingerprint density at radius 1 is 1.15 bits per heavy atom. The number of halogens is 2. The summed E-state index contributed by atoms with van der Waals surface area (Å²) in [7, 11) is 2.68. The van der Waals surface area contributed by atoms with Gasteiger partial charge in [0, 0.05) is 30.9 Å². The number of anilines is 1. The van der Waals surface area contributed by atoms with Gasteiger partial charge in [-0.25, -0.2) is 23.5 Å². The van der Waals surface area contributed by atoms with Gasteiger partial charge < -0.3 is 25.3 Å². The van der Waals surface area contributed by atoms with Crippen LogP contribution in [0.4, 0.5) is 14.5 Å². The van der Waals surface area contributed by atoms with E-state index in [1.165, 1.54) is 44.8 Å². The van der Waals surface area contributed by atoms with E-state index in [1.54, 1.807) is 6.07 Å². The van der Waals surface area contributed by atoms with Crippen molar-refractivity contribution in [2.45, 2.75) is 13.0 Å². The Morgan fingerprint density at radius 2 is 1.82 bits per heavy atom. The molecule has 202 valence electrons. The van der Waals surface area contributed by atoms with Gasteiger partial charge in [0.05, 0.1) is 25.5 Å². The molecule has 0 aliphatic rings. The monoisotopic (exact) mass is 540 g/mol. The quantitative estimate of drug-likeness (QED) is 0.106. The van der Waals surface area contributed by atoms with Crippen LogP contribution in [0.15, 0.2) is 47.5 Å². The molecule has 0 fully saturated rings. The highest BCUT2D eigenvalue weighted by atomic mass is 19.1. The van der Waals surface area contributed by atoms with Gasteiger partial charge in [0.15, 0.2) is 28.9 Å². The number of nitrogens with two attached hydrogens (primary N) is 1. The lowest BCUT2D eigenvalue weighted by molar-refractivity contribution is -0.132. The average Bonchev–Trinajstić information content (AvgIpc) is 3.30. The molecule has 0 bridgehead atoms. The summed E-state index contributed by atoms with van der Waals surface area (Å²) < 4.78 is 47.1. The van der Waals surface area contributed by atoms with Gasteiger partial charge in [-0.05, 0) is 24.3 Å². The molecule has 39 heavy (non-hydrogen) atoms. The average molecular weight is 540 g/mol. The van der Waals surface area contributed by atoms with E-state index in [0.717, 1.165) is 17.7 Å². The first-order valence-electron chi connectivity index (χ1n) is 11.1. The zero-order chi connectivity index (χ0) is 28.3. The third-order valence-electron chi connectivity index (χ3n) is 5.40. The molecule has 15 heteroatoms. The fourth-order valence-corrected chi connectivity index (χ4v) is 3.67. The van der Waals surface area contributed by atoms with Crippen molar-refractivity contribution in [3.63, 3.8) is 0 Å². The number of H-pyrrole nitrogens is 1. The van der Waals surface area contributed by atoms with Gasteiger partial charge in [0.2, 0.25) is 0 Å². The SMILES string of the molecule is COc1cc(F)c(C(Nc2ccc(C(=N)N)c(F)c2OC(C)=O)c2nn(-c3ncccn3)c(=O)[nH]2)cc1OC. The Morgan fingerprint density at radius 3 is 2.44 bits per heavy atom. The van der Waals surface area contributed by atoms with E-state index in [1.807, 2.05) is 0 Å². The lowest BCUT2D eigenvalue weighted by atomic mass is 10.0. The van der Waals surface area contributed by atoms with E-state index >= 15 is 8.78 Å². The van der Waals surface area contributed by atoms with Crippen LogP contribution >= 0.6 is 0 Å². The summed E-state index contributed by atoms with van der Waals surface area (Å²) in [4.78, 5) is 35.0. The maximum atomic E-state index is 15.5. The Balaban J connectivity index is 1.93. The zero-order valence-corrected chi connectivity index (χ0v) is 20.8. The number of methoxy groups -OCH3 is 2. The summed E-state index contributed by atoms with van der Waals surface area (Å²) in [6.45, 7) is 1.05. The minimum atomic E-state index is -1.32. The smallest absolute Gasteiger partial charge is 0.350 e. The van der Waals surface area contributed by atoms with E-state index in [4.69, 9.17) is 25.4 Å². The number of amidine groups is 1. The fourth-order valence-electron chi connectivity index (χ4n) is 3.67. The standard InChI is InChI=1S/C24H22F2N8O5/c1-11(35)39-20-15(6-5-12(18(20)26)21(27)28)31-19(13-9-16(37-2)17(38-3)10-14(13)25)22-32-24(36)34(33-22)23-29-7-4-8-30-23/h4-10,19,31H,1-3H3,(H3,27,28)(H,32,33,36). The first-order chi connectivity index (χ1) is 18.6. The number of rotatable bonds is 9. The second-order valence-corrected chi connectivity index (χ2v) is 7.89. The first kappa shape index (κ1) is 26.7. The molecule has 0 amide bonds. The second-order valence-electron chi connectivity index (χ2n) is 7.89. The molecule has 0 aliphatic carbocycles. The highest BCUT2D eigenvalue weighted by Crippen LogP contribution is 2.38. The number of nitrogen functional groups attached to an aromatic ring is 1. The van der Waals surface area contributed by atoms with Crippen LogP contribution in [0.3, 0.4) is 0 Å². The molecule has 1 unspecified atom stereocenters. The van der Waals surface area contributed by atoms with Crippen molar-refractivity contribution in [2.75, 3.05) is 19.5 Å². The van der Waals surface area contributed by atoms with Crippen molar-refractivity contribution in [2.24, 2.45) is 5.73 Å². The highest BCUT2D eigenvalue weighted by Gasteiger charge is 2.28. The molecule has 0 aliphatic heterocycles. The molecular weight excluding hydrogens is 518 g/mol. The van der Waals surface area contributed by atoms with Gasteiger partial charge in [-0.15, -0.1) is 9.78 Å². The highest BCUT2D eigenvalue weighted by molar-refractivity contribution is 5.96. The van der Waals surface area contributed by atoms with Crippen LogP contribution < -0.4 is 31.0 Å². The maximum absolute atomic E-state index is 15.5. The number of aromatic nitrogens is 5. The third-order valence-corrected chi connectivity index (χ3v) is 5.40. The summed E-state index contributed by atoms with van der Waals surface area (Å²) in [6.07, 6.45) is 2.80. The van der Waals surface area contributed by atoms with E-state index < -0.39 is 40.9 Å². The predicted molar refractivity (Wildman–Crippen MR) is 133 cm³/mol. The number of esters is 1. The van der Waals surface area contributed by atoms with Gasteiger partial charge >= 0.3 is 11.7 Å². The summed E-state index contributed by atoms with van der Waals surface area (Å²) >= 11 is 0. The first-order valence-corrected chi connectivity index (χ1v) is 11.1. The molecule has 0 spiro atoms. The van der Waals surface area contributed by atoms with Crippen LogP contribution in [0.1, 0.15) is 29.9 Å². The van der Waals surface area contributed by atoms with Crippen LogP contribution in [0.5, 0.6) is 17.2 Å². The molecular formula is C24H22F2N8O5. The Hall–Kier alpha value is -5.34. The summed E-state index contributed by atoms with van der Waals surface area (Å²) in [5, 5.41) is 14.7. The van der Waals surface area contributed by atoms with Crippen LogP contribution in [0, 0.1) is 17.0 Å². The normalized spacial score (nSPS) is 11.5. The molecule has 4 rings (SSSR count). The molecule has 0 saturated heterocycles. The minimum Gasteiger partial charge on any atom is -0.493 e. The van der Waals surface area contributed by atoms with Crippen LogP contribution in [-0.2, 0) is 4.79 Å². The van der Waals surface area contributed by atoms with E-state index in [-0.39, 0.29) is 40.1 Å². The van der Waals surface area contributed by atoms with Gasteiger partial charge in [0.25, 0.3) is 5.95 Å². The molecule has 0 radical (unpaired) electrons. The maximum Gasteiger partial charge on any atom is 0.350 e. The summed E-state index contributed by atoms with van der Waals surface area (Å²) in [5.41, 5.74) is 4.12. The molecule has 1 atom stereocenters. The topological polar surface area (TPSA) is 183 Å². The van der Waals surface area contributed by atoms with Crippen molar-refractivity contribution in [1.82, 2.24) is 24.7 Å². The number of nitrogens with zero attached hydrogens (tertiary/aromatic N) is 4. The predicted octanol–water partition coefficient (Wildman–Crippen LogP) is 2.06. The van der Waals surface area contributed by atoms with Crippen molar-refractivity contribution in [1.29, 1.82) is 5.41 Å². The number of nitrogens with one attached hydrogen (secondary N) is 3. The number of aromatic amines is 1. The molecule has 2 heterocycles. The number of carbonyl (C=O) groups is 1. The summed E-state index contributed by atoms with van der Waals surface area (Å²) in [5.74, 6) is -3.95. The molecule has 13 nitrogen and oxygen atoms in total. The minimum absolute atomic E-state index is 0.0611. The van der Waals surface area contributed by atoms with Gasteiger partial charge in [-0.3, -0.25) is 15.2 Å². The Kier molecular flexibility index (Phi) is 7.51. The van der Waals surface area contributed by atoms with Crippen molar-refractivity contribution in [3.05, 3.63) is 81.8 Å². The molecule has 2 aromatic heterocycles. The lowest BCUT2D eigenvalue weighted by Crippen LogP contribution is -2.20. The zero-order valence-electron chi connectivity index (χ0n) is 20.8. The van der Waals surface area contributed by atoms with Crippen molar-refractivity contribution in [3.8, 4) is 23.2 Å². The summed E-state index contributed by atoms with van der Waals surface area (Å²) in [6, 6.07) is 5.03. The van der Waals surface area contributed by atoms with Crippen LogP contribution in [0.2, 0.25) is 0 Å². The van der Waals surface area contributed by atoms with Crippen LogP contribution in [0.25, 0.3) is 5.95 Å². The number of carbonyl (C=O) groups excluding carboxylic acids is 1. The van der Waals surface area contributed by atoms with Crippen LogP contribution in [-0.4, -0.2) is 50.8 Å². The van der Waals surface area contributed by atoms with E-state index in [9.17, 15) is 9.59 Å². The van der Waals surface area contributed by atoms with Gasteiger partial charge in [-0.2, -0.15) is 0 Å². The Labute approximate surface area is 219 Å². The fraction of sp³-hybridized carbons (Fsp3) is 0.167. The molecule has 5 N–H and O–H groups in total. The van der Waals surface area contributed by atoms with Crippen molar-refractivity contribution < 1.29 is 27.8 Å². The Bertz CT molecular complexity index is 1610. The molecule has 2 aromatic carbocycles. The molecule has 0 saturated carbocycles.